The Labute approximate surface area is 121 Å². The first kappa shape index (κ1) is 14.7. The van der Waals surface area contributed by atoms with Crippen LogP contribution >= 0.6 is 0 Å². The van der Waals surface area contributed by atoms with Crippen LogP contribution in [0.1, 0.15) is 17.2 Å². The summed E-state index contributed by atoms with van der Waals surface area (Å²) in [7, 11) is 0. The van der Waals surface area contributed by atoms with Crippen molar-refractivity contribution in [2.45, 2.75) is 12.5 Å². The molecule has 0 fully saturated rings. The summed E-state index contributed by atoms with van der Waals surface area (Å²) < 4.78 is 0. The van der Waals surface area contributed by atoms with Crippen LogP contribution < -0.4 is 5.32 Å². The minimum atomic E-state index is -1.25. The van der Waals surface area contributed by atoms with Crippen LogP contribution in [0.15, 0.2) is 54.6 Å². The van der Waals surface area contributed by atoms with Crippen LogP contribution in [-0.2, 0) is 16.0 Å². The molecule has 2 aromatic rings. The maximum atomic E-state index is 11.9. The number of hydrogen-bond acceptors (Lipinski definition) is 3. The largest absolute Gasteiger partial charge is 0.481 e. The van der Waals surface area contributed by atoms with E-state index in [2.05, 4.69) is 5.32 Å². The second kappa shape index (κ2) is 6.67. The molecule has 2 aromatic carbocycles. The highest BCUT2D eigenvalue weighted by Crippen LogP contribution is 2.16. The summed E-state index contributed by atoms with van der Waals surface area (Å²) in [6.45, 7) is 0. The number of aliphatic hydroxyl groups is 1. The molecule has 0 aliphatic rings. The van der Waals surface area contributed by atoms with Gasteiger partial charge in [0.05, 0.1) is 6.42 Å². The predicted octanol–water partition coefficient (Wildman–Crippen LogP) is 1.99. The maximum absolute atomic E-state index is 11.9. The van der Waals surface area contributed by atoms with E-state index in [9.17, 15) is 14.7 Å². The molecule has 0 aromatic heterocycles. The lowest BCUT2D eigenvalue weighted by Crippen LogP contribution is -2.20. The summed E-state index contributed by atoms with van der Waals surface area (Å²) in [6.07, 6.45) is -1.31. The molecular weight excluding hydrogens is 270 g/mol. The van der Waals surface area contributed by atoms with Gasteiger partial charge in [0.1, 0.15) is 0 Å². The molecule has 0 radical (unpaired) electrons. The maximum Gasteiger partial charge on any atom is 0.307 e. The number of carboxylic acids is 1. The summed E-state index contributed by atoms with van der Waals surface area (Å²) in [5.74, 6) is -1.45. The Balaban J connectivity index is 2.01. The van der Waals surface area contributed by atoms with Gasteiger partial charge in [-0.2, -0.15) is 0 Å². The van der Waals surface area contributed by atoms with Gasteiger partial charge in [0, 0.05) is 5.69 Å². The lowest BCUT2D eigenvalue weighted by molar-refractivity contribution is -0.136. The van der Waals surface area contributed by atoms with Gasteiger partial charge < -0.3 is 15.5 Å². The lowest BCUT2D eigenvalue weighted by atomic mass is 10.1. The zero-order valence-corrected chi connectivity index (χ0v) is 11.2. The third-order valence-corrected chi connectivity index (χ3v) is 2.94. The molecule has 3 N–H and O–H groups in total. The molecule has 0 spiro atoms. The summed E-state index contributed by atoms with van der Waals surface area (Å²) in [5.41, 5.74) is 1.66. The molecule has 5 heteroatoms. The Morgan fingerprint density at radius 3 is 2.19 bits per heavy atom. The van der Waals surface area contributed by atoms with Crippen molar-refractivity contribution in [1.82, 2.24) is 0 Å². The van der Waals surface area contributed by atoms with Crippen molar-refractivity contribution in [3.8, 4) is 0 Å². The second-order valence-corrected chi connectivity index (χ2v) is 4.57. The van der Waals surface area contributed by atoms with Crippen LogP contribution in [0.3, 0.4) is 0 Å². The fourth-order valence-corrected chi connectivity index (χ4v) is 1.88. The van der Waals surface area contributed by atoms with Crippen molar-refractivity contribution in [3.63, 3.8) is 0 Å². The number of anilines is 1. The van der Waals surface area contributed by atoms with Crippen molar-refractivity contribution in [1.29, 1.82) is 0 Å². The van der Waals surface area contributed by atoms with E-state index in [1.165, 1.54) is 0 Å². The van der Waals surface area contributed by atoms with Crippen LogP contribution in [-0.4, -0.2) is 22.1 Å². The highest BCUT2D eigenvalue weighted by molar-refractivity contribution is 5.94. The Kier molecular flexibility index (Phi) is 4.68. The Hall–Kier alpha value is -2.66. The molecule has 1 amide bonds. The third-order valence-electron chi connectivity index (χ3n) is 2.94. The fourth-order valence-electron chi connectivity index (χ4n) is 1.88. The van der Waals surface area contributed by atoms with E-state index in [1.807, 2.05) is 0 Å². The number of carboxylic acid groups (broad SMARTS) is 1. The van der Waals surface area contributed by atoms with E-state index in [0.717, 1.165) is 0 Å². The van der Waals surface area contributed by atoms with Crippen LogP contribution in [0.2, 0.25) is 0 Å². The van der Waals surface area contributed by atoms with E-state index in [-0.39, 0.29) is 6.42 Å². The molecule has 108 valence electrons. The fraction of sp³-hybridized carbons (Fsp3) is 0.125. The molecule has 5 nitrogen and oxygen atoms in total. The third kappa shape index (κ3) is 4.15. The van der Waals surface area contributed by atoms with Gasteiger partial charge in [-0.1, -0.05) is 42.5 Å². The van der Waals surface area contributed by atoms with Crippen LogP contribution in [0.5, 0.6) is 0 Å². The smallest absolute Gasteiger partial charge is 0.307 e. The van der Waals surface area contributed by atoms with Crippen molar-refractivity contribution >= 4 is 17.6 Å². The number of aliphatic carboxylic acids is 1. The number of hydrogen-bond donors (Lipinski definition) is 3. The molecule has 21 heavy (non-hydrogen) atoms. The van der Waals surface area contributed by atoms with Gasteiger partial charge in [0.15, 0.2) is 6.10 Å². The summed E-state index contributed by atoms with van der Waals surface area (Å²) in [4.78, 5) is 22.5. The number of rotatable bonds is 5. The lowest BCUT2D eigenvalue weighted by Gasteiger charge is -2.11. The van der Waals surface area contributed by atoms with E-state index in [4.69, 9.17) is 5.11 Å². The highest BCUT2D eigenvalue weighted by Gasteiger charge is 2.16. The molecule has 0 aliphatic heterocycles. The standard InChI is InChI=1S/C16H15NO4/c18-14(19)10-11-6-8-13(9-7-11)17-16(21)15(20)12-4-2-1-3-5-12/h1-9,15,20H,10H2,(H,17,21)(H,18,19). The number of carbonyl (C=O) groups is 2. The number of benzene rings is 2. The topological polar surface area (TPSA) is 86.6 Å². The predicted molar refractivity (Wildman–Crippen MR) is 77.8 cm³/mol. The molecule has 0 aliphatic carbocycles. The molecule has 0 saturated heterocycles. The van der Waals surface area contributed by atoms with Crippen molar-refractivity contribution < 1.29 is 19.8 Å². The molecular formula is C16H15NO4. The monoisotopic (exact) mass is 285 g/mol. The van der Waals surface area contributed by atoms with Crippen LogP contribution in [0.4, 0.5) is 5.69 Å². The molecule has 1 atom stereocenters. The normalized spacial score (nSPS) is 11.7. The number of aliphatic hydroxyl groups excluding tert-OH is 1. The van der Waals surface area contributed by atoms with Crippen LogP contribution in [0, 0.1) is 0 Å². The average Bonchev–Trinajstić information content (AvgIpc) is 2.49. The van der Waals surface area contributed by atoms with Gasteiger partial charge in [-0.3, -0.25) is 9.59 Å². The first-order valence-corrected chi connectivity index (χ1v) is 6.41. The highest BCUT2D eigenvalue weighted by atomic mass is 16.4. The average molecular weight is 285 g/mol. The van der Waals surface area contributed by atoms with Gasteiger partial charge >= 0.3 is 5.97 Å². The van der Waals surface area contributed by atoms with E-state index in [1.54, 1.807) is 54.6 Å². The first-order valence-electron chi connectivity index (χ1n) is 6.41. The van der Waals surface area contributed by atoms with Crippen LogP contribution in [0.25, 0.3) is 0 Å². The number of amides is 1. The SMILES string of the molecule is O=C(O)Cc1ccc(NC(=O)C(O)c2ccccc2)cc1. The first-order chi connectivity index (χ1) is 10.1. The Morgan fingerprint density at radius 1 is 1.00 bits per heavy atom. The van der Waals surface area contributed by atoms with E-state index in [0.29, 0.717) is 16.8 Å². The van der Waals surface area contributed by atoms with Crippen molar-refractivity contribution in [2.75, 3.05) is 5.32 Å². The zero-order chi connectivity index (χ0) is 15.2. The molecule has 0 bridgehead atoms. The summed E-state index contributed by atoms with van der Waals surface area (Å²) >= 11 is 0. The molecule has 0 heterocycles. The Morgan fingerprint density at radius 2 is 1.62 bits per heavy atom. The van der Waals surface area contributed by atoms with Crippen molar-refractivity contribution in [2.24, 2.45) is 0 Å². The summed E-state index contributed by atoms with van der Waals surface area (Å²) in [6, 6.07) is 15.1. The van der Waals surface area contributed by atoms with Crippen molar-refractivity contribution in [3.05, 3.63) is 65.7 Å². The van der Waals surface area contributed by atoms with Gasteiger partial charge in [0.25, 0.3) is 5.91 Å². The zero-order valence-electron chi connectivity index (χ0n) is 11.2. The van der Waals surface area contributed by atoms with Gasteiger partial charge in [-0.05, 0) is 23.3 Å². The second-order valence-electron chi connectivity index (χ2n) is 4.57. The van der Waals surface area contributed by atoms with E-state index >= 15 is 0 Å². The molecule has 0 saturated carbocycles. The number of carbonyl (C=O) groups excluding carboxylic acids is 1. The molecule has 2 rings (SSSR count). The minimum absolute atomic E-state index is 0.0686. The number of nitrogens with one attached hydrogen (secondary N) is 1. The Bertz CT molecular complexity index is 622. The quantitative estimate of drug-likeness (QED) is 0.784. The van der Waals surface area contributed by atoms with Gasteiger partial charge in [-0.15, -0.1) is 0 Å². The van der Waals surface area contributed by atoms with Gasteiger partial charge in [-0.25, -0.2) is 0 Å². The molecule has 1 unspecified atom stereocenters. The summed E-state index contributed by atoms with van der Waals surface area (Å²) in [5, 5.41) is 21.2. The van der Waals surface area contributed by atoms with E-state index < -0.39 is 18.0 Å². The minimum Gasteiger partial charge on any atom is -0.481 e. The van der Waals surface area contributed by atoms with Gasteiger partial charge in [0.2, 0.25) is 0 Å².